The molecule has 2 aliphatic rings. The first-order chi connectivity index (χ1) is 18.3. The smallest absolute Gasteiger partial charge is 0.301 e. The Labute approximate surface area is 231 Å². The Kier molecular flexibility index (Phi) is 6.20. The average molecular weight is 591 g/mol. The number of carbonyl (C=O) groups excluding carboxylic acids is 2. The molecule has 2 atom stereocenters. The highest BCUT2D eigenvalue weighted by atomic mass is 79.9. The maximum atomic E-state index is 13.5. The molecule has 0 unspecified atom stereocenters. The number of carbonyl (C=O) groups is 2. The highest BCUT2D eigenvalue weighted by molar-refractivity contribution is 9.10. The van der Waals surface area contributed by atoms with Crippen molar-refractivity contribution in [2.75, 3.05) is 11.5 Å². The minimum atomic E-state index is -0.858. The van der Waals surface area contributed by atoms with E-state index in [0.29, 0.717) is 40.6 Å². The number of thiazole rings is 1. The number of aliphatic hydroxyl groups is 1. The maximum absolute atomic E-state index is 13.5. The van der Waals surface area contributed by atoms with Crippen molar-refractivity contribution in [1.29, 1.82) is 0 Å². The van der Waals surface area contributed by atoms with E-state index < -0.39 is 17.7 Å². The Morgan fingerprint density at radius 3 is 2.82 bits per heavy atom. The van der Waals surface area contributed by atoms with Crippen molar-refractivity contribution in [1.82, 2.24) is 4.98 Å². The van der Waals surface area contributed by atoms with Gasteiger partial charge in [0.2, 0.25) is 0 Å². The topological polar surface area (TPSA) is 89.0 Å². The monoisotopic (exact) mass is 590 g/mol. The second-order valence-corrected chi connectivity index (χ2v) is 11.2. The number of fused-ring (bicyclic) bond motifs is 2. The zero-order chi connectivity index (χ0) is 26.6. The van der Waals surface area contributed by atoms with E-state index in [4.69, 9.17) is 9.47 Å². The van der Waals surface area contributed by atoms with Crippen LogP contribution in [0, 0.1) is 0 Å². The lowest BCUT2D eigenvalue weighted by molar-refractivity contribution is -0.132. The van der Waals surface area contributed by atoms with Gasteiger partial charge in [-0.1, -0.05) is 39.4 Å². The van der Waals surface area contributed by atoms with Gasteiger partial charge in [0.15, 0.2) is 5.13 Å². The molecule has 0 spiro atoms. The van der Waals surface area contributed by atoms with Crippen molar-refractivity contribution >= 4 is 60.1 Å². The average Bonchev–Trinajstić information content (AvgIpc) is 3.56. The first-order valence-corrected chi connectivity index (χ1v) is 13.8. The molecule has 1 amide bonds. The molecule has 1 saturated heterocycles. The fourth-order valence-electron chi connectivity index (χ4n) is 5.00. The molecule has 0 bridgehead atoms. The number of Topliss-reactive ketones (excluding diaryl/α,β-unsaturated/α-hetero) is 1. The molecule has 3 aromatic carbocycles. The Balaban J connectivity index is 1.51. The van der Waals surface area contributed by atoms with Gasteiger partial charge in [0, 0.05) is 16.5 Å². The van der Waals surface area contributed by atoms with E-state index in [-0.39, 0.29) is 17.4 Å². The van der Waals surface area contributed by atoms with Crippen molar-refractivity contribution in [2.24, 2.45) is 0 Å². The molecule has 1 fully saturated rings. The van der Waals surface area contributed by atoms with E-state index in [1.807, 2.05) is 62.4 Å². The second kappa shape index (κ2) is 9.56. The van der Waals surface area contributed by atoms with Crippen LogP contribution in [-0.4, -0.2) is 34.5 Å². The number of ketones is 1. The first-order valence-electron chi connectivity index (χ1n) is 12.2. The maximum Gasteiger partial charge on any atom is 0.301 e. The summed E-state index contributed by atoms with van der Waals surface area (Å²) in [5.74, 6) is -0.252. The van der Waals surface area contributed by atoms with Crippen LogP contribution in [0.3, 0.4) is 0 Å². The number of hydrogen-bond donors (Lipinski definition) is 1. The Morgan fingerprint density at radius 2 is 2.03 bits per heavy atom. The summed E-state index contributed by atoms with van der Waals surface area (Å²) in [5.41, 5.74) is 2.80. The number of anilines is 1. The molecule has 4 aromatic rings. The summed E-state index contributed by atoms with van der Waals surface area (Å²) in [6.45, 7) is 4.42. The van der Waals surface area contributed by atoms with Crippen molar-refractivity contribution < 1.29 is 24.2 Å². The van der Waals surface area contributed by atoms with Crippen molar-refractivity contribution in [3.8, 4) is 11.5 Å². The van der Waals surface area contributed by atoms with Gasteiger partial charge in [-0.2, -0.15) is 0 Å². The van der Waals surface area contributed by atoms with Crippen LogP contribution in [0.4, 0.5) is 5.13 Å². The predicted molar refractivity (Wildman–Crippen MR) is 150 cm³/mol. The predicted octanol–water partition coefficient (Wildman–Crippen LogP) is 6.41. The molecule has 3 heterocycles. The highest BCUT2D eigenvalue weighted by Gasteiger charge is 2.48. The number of nitrogens with zero attached hydrogens (tertiary/aromatic N) is 2. The molecule has 0 saturated carbocycles. The van der Waals surface area contributed by atoms with Gasteiger partial charge in [-0.05, 0) is 73.5 Å². The fourth-order valence-corrected chi connectivity index (χ4v) is 6.44. The van der Waals surface area contributed by atoms with Crippen LogP contribution < -0.4 is 14.4 Å². The number of aromatic nitrogens is 1. The molecule has 192 valence electrons. The summed E-state index contributed by atoms with van der Waals surface area (Å²) >= 11 is 4.80. The number of halogens is 1. The molecular weight excluding hydrogens is 568 g/mol. The van der Waals surface area contributed by atoms with Gasteiger partial charge in [0.25, 0.3) is 5.78 Å². The van der Waals surface area contributed by atoms with E-state index in [9.17, 15) is 14.7 Å². The number of hydrogen-bond acceptors (Lipinski definition) is 7. The molecule has 7 nitrogen and oxygen atoms in total. The van der Waals surface area contributed by atoms with Gasteiger partial charge in [0.05, 0.1) is 28.4 Å². The van der Waals surface area contributed by atoms with Crippen molar-refractivity contribution in [3.63, 3.8) is 0 Å². The van der Waals surface area contributed by atoms with E-state index in [1.165, 1.54) is 16.2 Å². The lowest BCUT2D eigenvalue weighted by Gasteiger charge is -2.23. The summed E-state index contributed by atoms with van der Waals surface area (Å²) in [7, 11) is 0. The summed E-state index contributed by atoms with van der Waals surface area (Å²) in [5, 5.41) is 11.9. The molecule has 2 aliphatic heterocycles. The zero-order valence-electron chi connectivity index (χ0n) is 20.6. The van der Waals surface area contributed by atoms with Gasteiger partial charge in [-0.3, -0.25) is 14.5 Å². The standard InChI is InChI=1S/C29H23BrN2O5S/c1-3-36-20-8-9-21-23(14-20)38-29(31-21)32-25(16-5-4-6-19(30)13-16)24(27(34)28(32)35)26(33)17-7-10-22-18(12-17)11-15(2)37-22/h4-10,12-15,25,33H,3,11H2,1-2H3/b26-24+/t15-,25-/m1/s1. The normalized spacial score (nSPS) is 20.1. The lowest BCUT2D eigenvalue weighted by atomic mass is 9.94. The first kappa shape index (κ1) is 24.6. The fraction of sp³-hybridized carbons (Fsp3) is 0.207. The number of ether oxygens (including phenoxy) is 2. The van der Waals surface area contributed by atoms with Crippen LogP contribution in [-0.2, 0) is 16.0 Å². The number of aliphatic hydroxyl groups excluding tert-OH is 1. The third-order valence-electron chi connectivity index (χ3n) is 6.64. The van der Waals surface area contributed by atoms with E-state index >= 15 is 0 Å². The zero-order valence-corrected chi connectivity index (χ0v) is 23.0. The summed E-state index contributed by atoms with van der Waals surface area (Å²) in [6.07, 6.45) is 0.742. The molecule has 0 aliphatic carbocycles. The molecule has 38 heavy (non-hydrogen) atoms. The third-order valence-corrected chi connectivity index (χ3v) is 8.15. The third kappa shape index (κ3) is 4.16. The molecule has 9 heteroatoms. The van der Waals surface area contributed by atoms with Crippen molar-refractivity contribution in [3.05, 3.63) is 87.4 Å². The number of amides is 1. The quantitative estimate of drug-likeness (QED) is 0.164. The molecular formula is C29H23BrN2O5S. The molecule has 0 radical (unpaired) electrons. The minimum absolute atomic E-state index is 0.0225. The number of benzene rings is 3. The Morgan fingerprint density at radius 1 is 1.18 bits per heavy atom. The molecule has 1 aromatic heterocycles. The van der Waals surface area contributed by atoms with Gasteiger partial charge >= 0.3 is 5.91 Å². The van der Waals surface area contributed by atoms with Crippen molar-refractivity contribution in [2.45, 2.75) is 32.4 Å². The highest BCUT2D eigenvalue weighted by Crippen LogP contribution is 2.45. The summed E-state index contributed by atoms with van der Waals surface area (Å²) in [4.78, 5) is 33.1. The molecule has 1 N–H and O–H groups in total. The largest absolute Gasteiger partial charge is 0.507 e. The van der Waals surface area contributed by atoms with Crippen LogP contribution in [0.5, 0.6) is 11.5 Å². The summed E-state index contributed by atoms with van der Waals surface area (Å²) < 4.78 is 13.0. The van der Waals surface area contributed by atoms with E-state index in [2.05, 4.69) is 20.9 Å². The van der Waals surface area contributed by atoms with Crippen LogP contribution in [0.2, 0.25) is 0 Å². The van der Waals surface area contributed by atoms with Crippen LogP contribution in [0.25, 0.3) is 16.0 Å². The Bertz CT molecular complexity index is 1650. The Hall–Kier alpha value is -3.69. The second-order valence-electron chi connectivity index (χ2n) is 9.24. The van der Waals surface area contributed by atoms with Crippen LogP contribution >= 0.6 is 27.3 Å². The number of rotatable bonds is 5. The lowest BCUT2D eigenvalue weighted by Crippen LogP contribution is -2.29. The SMILES string of the molecule is CCOc1ccc2nc(N3C(=O)C(=O)/C(=C(/O)c4ccc5c(c4)C[C@@H](C)O5)[C@H]3c3cccc(Br)c3)sc2c1. The van der Waals surface area contributed by atoms with Gasteiger partial charge in [0.1, 0.15) is 23.4 Å². The van der Waals surface area contributed by atoms with Gasteiger partial charge in [-0.15, -0.1) is 0 Å². The van der Waals surface area contributed by atoms with Gasteiger partial charge in [-0.25, -0.2) is 4.98 Å². The summed E-state index contributed by atoms with van der Waals surface area (Å²) in [6, 6.07) is 17.4. The molecule has 6 rings (SSSR count). The van der Waals surface area contributed by atoms with Crippen LogP contribution in [0.15, 0.2) is 70.7 Å². The van der Waals surface area contributed by atoms with E-state index in [1.54, 1.807) is 12.1 Å². The van der Waals surface area contributed by atoms with Gasteiger partial charge < -0.3 is 14.6 Å². The minimum Gasteiger partial charge on any atom is -0.507 e. The van der Waals surface area contributed by atoms with E-state index in [0.717, 1.165) is 20.5 Å². The van der Waals surface area contributed by atoms with Crippen LogP contribution in [0.1, 0.15) is 36.6 Å².